The van der Waals surface area contributed by atoms with Crippen LogP contribution in [0, 0.1) is 5.82 Å². The molecule has 1 aromatic heterocycles. The topological polar surface area (TPSA) is 79.3 Å². The van der Waals surface area contributed by atoms with Crippen molar-refractivity contribution < 1.29 is 14.0 Å². The minimum Gasteiger partial charge on any atom is -0.353 e. The molecule has 0 saturated carbocycles. The number of aromatic nitrogens is 2. The summed E-state index contributed by atoms with van der Waals surface area (Å²) >= 11 is 5.72. The SMILES string of the molecule is Cn1ccnc1CNC(=O)CC1C(=O)NCCN1Cc1ccc(Cl)c(F)c1. The number of benzene rings is 1. The first-order valence-electron chi connectivity index (χ1n) is 8.62. The van der Waals surface area contributed by atoms with Gasteiger partial charge in [0, 0.05) is 39.1 Å². The van der Waals surface area contributed by atoms with Gasteiger partial charge in [0.25, 0.3) is 0 Å². The molecule has 2 aromatic rings. The molecule has 9 heteroatoms. The lowest BCUT2D eigenvalue weighted by Crippen LogP contribution is -2.56. The van der Waals surface area contributed by atoms with Gasteiger partial charge in [-0.25, -0.2) is 9.37 Å². The van der Waals surface area contributed by atoms with Crippen LogP contribution in [0.2, 0.25) is 5.02 Å². The number of nitrogens with zero attached hydrogens (tertiary/aromatic N) is 3. The average molecular weight is 394 g/mol. The van der Waals surface area contributed by atoms with Gasteiger partial charge in [0.2, 0.25) is 11.8 Å². The highest BCUT2D eigenvalue weighted by Gasteiger charge is 2.31. The Morgan fingerprint density at radius 3 is 3.00 bits per heavy atom. The second-order valence-corrected chi connectivity index (χ2v) is 6.87. The van der Waals surface area contributed by atoms with Crippen molar-refractivity contribution in [2.24, 2.45) is 7.05 Å². The molecule has 0 aliphatic carbocycles. The maximum absolute atomic E-state index is 13.7. The summed E-state index contributed by atoms with van der Waals surface area (Å²) in [6.07, 6.45) is 3.47. The van der Waals surface area contributed by atoms with Gasteiger partial charge >= 0.3 is 0 Å². The standard InChI is InChI=1S/C18H21ClFN5O2/c1-24-6-4-21-16(24)10-23-17(26)9-15-18(27)22-5-7-25(15)11-12-2-3-13(19)14(20)8-12/h2-4,6,8,15H,5,7,9-11H2,1H3,(H,22,27)(H,23,26). The maximum atomic E-state index is 13.7. The normalized spacial score (nSPS) is 17.6. The summed E-state index contributed by atoms with van der Waals surface area (Å²) in [7, 11) is 1.84. The Morgan fingerprint density at radius 1 is 1.48 bits per heavy atom. The van der Waals surface area contributed by atoms with Crippen molar-refractivity contribution in [3.63, 3.8) is 0 Å². The minimum absolute atomic E-state index is 0.0202. The number of imidazole rings is 1. The highest BCUT2D eigenvalue weighted by Crippen LogP contribution is 2.19. The van der Waals surface area contributed by atoms with Crippen LogP contribution in [-0.2, 0) is 29.7 Å². The van der Waals surface area contributed by atoms with E-state index >= 15 is 0 Å². The van der Waals surface area contributed by atoms with Crippen LogP contribution in [0.5, 0.6) is 0 Å². The van der Waals surface area contributed by atoms with E-state index in [1.165, 1.54) is 12.1 Å². The minimum atomic E-state index is -0.612. The molecule has 2 amide bonds. The van der Waals surface area contributed by atoms with Gasteiger partial charge in [-0.1, -0.05) is 17.7 Å². The summed E-state index contributed by atoms with van der Waals surface area (Å²) in [4.78, 5) is 30.6. The van der Waals surface area contributed by atoms with E-state index in [1.54, 1.807) is 18.5 Å². The van der Waals surface area contributed by atoms with Crippen LogP contribution in [0.3, 0.4) is 0 Å². The van der Waals surface area contributed by atoms with E-state index in [9.17, 15) is 14.0 Å². The molecule has 0 bridgehead atoms. The van der Waals surface area contributed by atoms with Crippen molar-refractivity contribution in [1.29, 1.82) is 0 Å². The largest absolute Gasteiger partial charge is 0.353 e. The maximum Gasteiger partial charge on any atom is 0.237 e. The zero-order valence-corrected chi connectivity index (χ0v) is 15.7. The first kappa shape index (κ1) is 19.3. The van der Waals surface area contributed by atoms with Gasteiger partial charge in [-0.3, -0.25) is 14.5 Å². The molecule has 1 aliphatic rings. The molecule has 27 heavy (non-hydrogen) atoms. The summed E-state index contributed by atoms with van der Waals surface area (Å²) < 4.78 is 15.5. The lowest BCUT2D eigenvalue weighted by atomic mass is 10.1. The van der Waals surface area contributed by atoms with Crippen molar-refractivity contribution in [2.75, 3.05) is 13.1 Å². The van der Waals surface area contributed by atoms with E-state index in [0.717, 1.165) is 5.82 Å². The molecule has 7 nitrogen and oxygen atoms in total. The van der Waals surface area contributed by atoms with Crippen molar-refractivity contribution in [1.82, 2.24) is 25.1 Å². The van der Waals surface area contributed by atoms with Crippen LogP contribution >= 0.6 is 11.6 Å². The van der Waals surface area contributed by atoms with E-state index < -0.39 is 11.9 Å². The van der Waals surface area contributed by atoms with Crippen molar-refractivity contribution >= 4 is 23.4 Å². The molecule has 1 saturated heterocycles. The molecule has 2 N–H and O–H groups in total. The Kier molecular flexibility index (Phi) is 6.08. The number of rotatable bonds is 6. The Labute approximate surface area is 161 Å². The molecule has 3 rings (SSSR count). The van der Waals surface area contributed by atoms with E-state index in [1.807, 2.05) is 16.5 Å². The molecule has 0 radical (unpaired) electrons. The molecule has 1 unspecified atom stereocenters. The third-order valence-corrected chi connectivity index (χ3v) is 4.86. The van der Waals surface area contributed by atoms with E-state index in [4.69, 9.17) is 11.6 Å². The van der Waals surface area contributed by atoms with Crippen LogP contribution < -0.4 is 10.6 Å². The summed E-state index contributed by atoms with van der Waals surface area (Å²) in [5.41, 5.74) is 0.699. The van der Waals surface area contributed by atoms with Gasteiger partial charge in [0.15, 0.2) is 0 Å². The zero-order valence-electron chi connectivity index (χ0n) is 14.9. The summed E-state index contributed by atoms with van der Waals surface area (Å²) in [5.74, 6) is -0.222. The quantitative estimate of drug-likeness (QED) is 0.773. The van der Waals surface area contributed by atoms with Gasteiger partial charge in [0.1, 0.15) is 11.6 Å². The smallest absolute Gasteiger partial charge is 0.237 e. The van der Waals surface area contributed by atoms with Crippen LogP contribution in [-0.4, -0.2) is 45.4 Å². The first-order valence-corrected chi connectivity index (χ1v) is 9.00. The lowest BCUT2D eigenvalue weighted by molar-refractivity contribution is -0.134. The molecule has 2 heterocycles. The Hall–Kier alpha value is -2.45. The van der Waals surface area contributed by atoms with Crippen molar-refractivity contribution in [3.8, 4) is 0 Å². The summed E-state index contributed by atoms with van der Waals surface area (Å²) in [6, 6.07) is 3.95. The van der Waals surface area contributed by atoms with Crippen LogP contribution in [0.4, 0.5) is 4.39 Å². The number of amides is 2. The van der Waals surface area contributed by atoms with E-state index in [-0.39, 0.29) is 23.3 Å². The van der Waals surface area contributed by atoms with Gasteiger partial charge in [-0.15, -0.1) is 0 Å². The third kappa shape index (κ3) is 4.84. The summed E-state index contributed by atoms with van der Waals surface area (Å²) in [6.45, 7) is 1.71. The second-order valence-electron chi connectivity index (χ2n) is 6.46. The fourth-order valence-corrected chi connectivity index (χ4v) is 3.16. The fraction of sp³-hybridized carbons (Fsp3) is 0.389. The van der Waals surface area contributed by atoms with E-state index in [0.29, 0.717) is 31.7 Å². The van der Waals surface area contributed by atoms with Gasteiger partial charge in [-0.2, -0.15) is 0 Å². The lowest BCUT2D eigenvalue weighted by Gasteiger charge is -2.34. The number of hydrogen-bond acceptors (Lipinski definition) is 4. The number of carbonyl (C=O) groups is 2. The third-order valence-electron chi connectivity index (χ3n) is 4.55. The molecule has 1 aromatic carbocycles. The Morgan fingerprint density at radius 2 is 2.30 bits per heavy atom. The number of hydrogen-bond donors (Lipinski definition) is 2. The molecular formula is C18H21ClFN5O2. The zero-order chi connectivity index (χ0) is 19.4. The number of piperazine rings is 1. The fourth-order valence-electron chi connectivity index (χ4n) is 3.04. The molecule has 0 spiro atoms. The van der Waals surface area contributed by atoms with Crippen molar-refractivity contribution in [3.05, 3.63) is 52.8 Å². The first-order chi connectivity index (χ1) is 12.9. The average Bonchev–Trinajstić information content (AvgIpc) is 3.04. The van der Waals surface area contributed by atoms with Crippen molar-refractivity contribution in [2.45, 2.75) is 25.6 Å². The summed E-state index contributed by atoms with van der Waals surface area (Å²) in [5, 5.41) is 5.62. The number of aryl methyl sites for hydroxylation is 1. The molecule has 144 valence electrons. The van der Waals surface area contributed by atoms with Crippen LogP contribution in [0.25, 0.3) is 0 Å². The Balaban J connectivity index is 1.63. The molecule has 1 aliphatic heterocycles. The number of nitrogens with one attached hydrogen (secondary N) is 2. The molecule has 1 atom stereocenters. The highest BCUT2D eigenvalue weighted by atomic mass is 35.5. The van der Waals surface area contributed by atoms with Gasteiger partial charge < -0.3 is 15.2 Å². The molecule has 1 fully saturated rings. The van der Waals surface area contributed by atoms with Crippen LogP contribution in [0.1, 0.15) is 17.8 Å². The highest BCUT2D eigenvalue weighted by molar-refractivity contribution is 6.30. The van der Waals surface area contributed by atoms with Crippen LogP contribution in [0.15, 0.2) is 30.6 Å². The van der Waals surface area contributed by atoms with Gasteiger partial charge in [-0.05, 0) is 17.7 Å². The molecular weight excluding hydrogens is 373 g/mol. The second kappa shape index (κ2) is 8.49. The number of halogens is 2. The van der Waals surface area contributed by atoms with E-state index in [2.05, 4.69) is 15.6 Å². The predicted molar refractivity (Wildman–Crippen MR) is 98.3 cm³/mol. The Bertz CT molecular complexity index is 841. The predicted octanol–water partition coefficient (Wildman–Crippen LogP) is 1.22. The number of carbonyl (C=O) groups excluding carboxylic acids is 2. The van der Waals surface area contributed by atoms with Gasteiger partial charge in [0.05, 0.1) is 24.0 Å². The monoisotopic (exact) mass is 393 g/mol.